The summed E-state index contributed by atoms with van der Waals surface area (Å²) in [4.78, 5) is 24.0. The third-order valence-electron chi connectivity index (χ3n) is 4.07. The first kappa shape index (κ1) is 22.1. The first-order chi connectivity index (χ1) is 13.8. The number of hydrogen-bond acceptors (Lipinski definition) is 5. The maximum Gasteiger partial charge on any atom is 0.411 e. The van der Waals surface area contributed by atoms with Gasteiger partial charge in [-0.2, -0.15) is 0 Å². The van der Waals surface area contributed by atoms with Crippen LogP contribution in [0.15, 0.2) is 42.5 Å². The largest absolute Gasteiger partial charge is 0.493 e. The molecule has 0 spiro atoms. The van der Waals surface area contributed by atoms with Gasteiger partial charge in [0.15, 0.2) is 11.5 Å². The number of anilines is 1. The van der Waals surface area contributed by atoms with Gasteiger partial charge >= 0.3 is 6.09 Å². The molecule has 2 aromatic carbocycles. The highest BCUT2D eigenvalue weighted by atomic mass is 16.5. The first-order valence-electron chi connectivity index (χ1n) is 9.53. The molecule has 0 saturated heterocycles. The molecule has 2 N–H and O–H groups in total. The molecule has 1 atom stereocenters. The van der Waals surface area contributed by atoms with Crippen LogP contribution in [0.3, 0.4) is 0 Å². The second-order valence-corrected chi connectivity index (χ2v) is 6.69. The summed E-state index contributed by atoms with van der Waals surface area (Å²) in [6.45, 7) is 7.81. The summed E-state index contributed by atoms with van der Waals surface area (Å²) in [6, 6.07) is 11.9. The number of methoxy groups -OCH3 is 1. The van der Waals surface area contributed by atoms with Crippen LogP contribution in [0.2, 0.25) is 0 Å². The molecule has 0 aliphatic carbocycles. The number of carbonyl (C=O) groups is 2. The highest BCUT2D eigenvalue weighted by molar-refractivity contribution is 5.95. The Balaban J connectivity index is 2.03. The summed E-state index contributed by atoms with van der Waals surface area (Å²) in [7, 11) is 1.58. The zero-order valence-corrected chi connectivity index (χ0v) is 17.4. The molecule has 1 unspecified atom stereocenters. The summed E-state index contributed by atoms with van der Waals surface area (Å²) < 4.78 is 16.0. The Morgan fingerprint density at radius 1 is 1.00 bits per heavy atom. The lowest BCUT2D eigenvalue weighted by molar-refractivity contribution is 0.0940. The molecule has 156 valence electrons. The Labute approximate surface area is 171 Å². The highest BCUT2D eigenvalue weighted by Crippen LogP contribution is 2.31. The summed E-state index contributed by atoms with van der Waals surface area (Å²) in [6.07, 6.45) is -0.495. The molecule has 0 heterocycles. The van der Waals surface area contributed by atoms with E-state index in [1.807, 2.05) is 39.0 Å². The van der Waals surface area contributed by atoms with Crippen molar-refractivity contribution in [2.75, 3.05) is 19.0 Å². The number of rotatable bonds is 8. The van der Waals surface area contributed by atoms with Crippen LogP contribution in [0.1, 0.15) is 49.7 Å². The fourth-order valence-electron chi connectivity index (χ4n) is 2.66. The molecule has 2 amide bonds. The molecule has 29 heavy (non-hydrogen) atoms. The van der Waals surface area contributed by atoms with E-state index < -0.39 is 6.09 Å². The van der Waals surface area contributed by atoms with Gasteiger partial charge < -0.3 is 19.5 Å². The molecule has 2 rings (SSSR count). The Morgan fingerprint density at radius 3 is 2.28 bits per heavy atom. The van der Waals surface area contributed by atoms with Crippen molar-refractivity contribution in [3.05, 3.63) is 53.6 Å². The number of ether oxygens (including phenoxy) is 3. The van der Waals surface area contributed by atoms with Gasteiger partial charge in [-0.05, 0) is 69.7 Å². The minimum Gasteiger partial charge on any atom is -0.493 e. The van der Waals surface area contributed by atoms with Crippen molar-refractivity contribution in [3.63, 3.8) is 0 Å². The van der Waals surface area contributed by atoms with Crippen molar-refractivity contribution < 1.29 is 23.8 Å². The van der Waals surface area contributed by atoms with E-state index in [9.17, 15) is 9.59 Å². The number of hydrogen-bond donors (Lipinski definition) is 2. The predicted molar refractivity (Wildman–Crippen MR) is 112 cm³/mol. The van der Waals surface area contributed by atoms with Crippen LogP contribution >= 0.6 is 0 Å². The number of carbonyl (C=O) groups excluding carboxylic acids is 2. The van der Waals surface area contributed by atoms with Crippen molar-refractivity contribution in [1.82, 2.24) is 5.32 Å². The van der Waals surface area contributed by atoms with E-state index in [-0.39, 0.29) is 18.1 Å². The normalized spacial score (nSPS) is 11.5. The Kier molecular flexibility index (Phi) is 7.88. The number of amides is 2. The fourth-order valence-corrected chi connectivity index (χ4v) is 2.66. The minimum absolute atomic E-state index is 0.0353. The molecule has 2 aromatic rings. The van der Waals surface area contributed by atoms with Crippen molar-refractivity contribution in [2.24, 2.45) is 0 Å². The van der Waals surface area contributed by atoms with Gasteiger partial charge in [0.25, 0.3) is 5.91 Å². The molecule has 0 saturated carbocycles. The van der Waals surface area contributed by atoms with Crippen LogP contribution in [0, 0.1) is 0 Å². The molecule has 7 nitrogen and oxygen atoms in total. The molecule has 0 radical (unpaired) electrons. The maximum atomic E-state index is 12.6. The van der Waals surface area contributed by atoms with E-state index >= 15 is 0 Å². The SMILES string of the molecule is CCOC(=O)Nc1ccc(C(=O)NC(C)c2ccc(OC(C)C)c(OC)c2)cc1. The van der Waals surface area contributed by atoms with Gasteiger partial charge in [0.1, 0.15) is 0 Å². The molecule has 0 aromatic heterocycles. The van der Waals surface area contributed by atoms with Gasteiger partial charge in [0.05, 0.1) is 25.9 Å². The third-order valence-corrected chi connectivity index (χ3v) is 4.07. The average Bonchev–Trinajstić information content (AvgIpc) is 2.68. The summed E-state index contributed by atoms with van der Waals surface area (Å²) in [5, 5.41) is 5.55. The standard InChI is InChI=1S/C22H28N2O5/c1-6-28-22(26)24-18-10-7-16(8-11-18)21(25)23-15(4)17-9-12-19(29-14(2)3)20(13-17)27-5/h7-15H,6H2,1-5H3,(H,23,25)(H,24,26). The molecule has 0 fully saturated rings. The van der Waals surface area contributed by atoms with Gasteiger partial charge in [0, 0.05) is 11.3 Å². The Hall–Kier alpha value is -3.22. The van der Waals surface area contributed by atoms with Crippen LogP contribution < -0.4 is 20.1 Å². The van der Waals surface area contributed by atoms with Crippen molar-refractivity contribution >= 4 is 17.7 Å². The van der Waals surface area contributed by atoms with Crippen LogP contribution in [-0.4, -0.2) is 31.8 Å². The van der Waals surface area contributed by atoms with Crippen LogP contribution in [-0.2, 0) is 4.74 Å². The van der Waals surface area contributed by atoms with E-state index in [1.165, 1.54) is 0 Å². The molecule has 0 aliphatic rings. The molecule has 0 bridgehead atoms. The second kappa shape index (κ2) is 10.4. The smallest absolute Gasteiger partial charge is 0.411 e. The van der Waals surface area contributed by atoms with Gasteiger partial charge in [-0.1, -0.05) is 6.07 Å². The molecule has 0 aliphatic heterocycles. The van der Waals surface area contributed by atoms with Crippen molar-refractivity contribution in [2.45, 2.75) is 39.8 Å². The fraction of sp³-hybridized carbons (Fsp3) is 0.364. The lowest BCUT2D eigenvalue weighted by Crippen LogP contribution is -2.26. The molecular weight excluding hydrogens is 372 g/mol. The lowest BCUT2D eigenvalue weighted by atomic mass is 10.1. The van der Waals surface area contributed by atoms with Crippen LogP contribution in [0.25, 0.3) is 0 Å². The third kappa shape index (κ3) is 6.41. The predicted octanol–water partition coefficient (Wildman–Crippen LogP) is 4.54. The monoisotopic (exact) mass is 400 g/mol. The van der Waals surface area contributed by atoms with Gasteiger partial charge in [-0.3, -0.25) is 10.1 Å². The average molecular weight is 400 g/mol. The number of benzene rings is 2. The summed E-state index contributed by atoms with van der Waals surface area (Å²) in [5.74, 6) is 1.06. The van der Waals surface area contributed by atoms with Crippen LogP contribution in [0.5, 0.6) is 11.5 Å². The highest BCUT2D eigenvalue weighted by Gasteiger charge is 2.15. The molecular formula is C22H28N2O5. The van der Waals surface area contributed by atoms with Gasteiger partial charge in [-0.25, -0.2) is 4.79 Å². The quantitative estimate of drug-likeness (QED) is 0.679. The number of nitrogens with one attached hydrogen (secondary N) is 2. The summed E-state index contributed by atoms with van der Waals surface area (Å²) in [5.41, 5.74) is 1.93. The molecule has 7 heteroatoms. The van der Waals surface area contributed by atoms with E-state index in [0.29, 0.717) is 29.4 Å². The minimum atomic E-state index is -0.530. The van der Waals surface area contributed by atoms with Gasteiger partial charge in [-0.15, -0.1) is 0 Å². The van der Waals surface area contributed by atoms with E-state index in [2.05, 4.69) is 10.6 Å². The van der Waals surface area contributed by atoms with Crippen molar-refractivity contribution in [1.29, 1.82) is 0 Å². The van der Waals surface area contributed by atoms with Crippen LogP contribution in [0.4, 0.5) is 10.5 Å². The summed E-state index contributed by atoms with van der Waals surface area (Å²) >= 11 is 0. The van der Waals surface area contributed by atoms with Crippen molar-refractivity contribution in [3.8, 4) is 11.5 Å². The Morgan fingerprint density at radius 2 is 1.69 bits per heavy atom. The first-order valence-corrected chi connectivity index (χ1v) is 9.53. The van der Waals surface area contributed by atoms with E-state index in [0.717, 1.165) is 5.56 Å². The zero-order chi connectivity index (χ0) is 21.4. The van der Waals surface area contributed by atoms with E-state index in [4.69, 9.17) is 14.2 Å². The van der Waals surface area contributed by atoms with Gasteiger partial charge in [0.2, 0.25) is 0 Å². The van der Waals surface area contributed by atoms with E-state index in [1.54, 1.807) is 38.3 Å². The Bertz CT molecular complexity index is 834. The second-order valence-electron chi connectivity index (χ2n) is 6.69. The topological polar surface area (TPSA) is 85.9 Å². The lowest BCUT2D eigenvalue weighted by Gasteiger charge is -2.18. The maximum absolute atomic E-state index is 12.6. The zero-order valence-electron chi connectivity index (χ0n) is 17.4.